The first kappa shape index (κ1) is 13.7. The van der Waals surface area contributed by atoms with Crippen LogP contribution < -0.4 is 11.3 Å². The summed E-state index contributed by atoms with van der Waals surface area (Å²) in [5.74, 6) is -0.430. The van der Waals surface area contributed by atoms with Gasteiger partial charge in [-0.1, -0.05) is 0 Å². The van der Waals surface area contributed by atoms with Crippen LogP contribution in [0.2, 0.25) is 0 Å². The predicted molar refractivity (Wildman–Crippen MR) is 77.6 cm³/mol. The van der Waals surface area contributed by atoms with E-state index in [0.29, 0.717) is 17.9 Å². The number of anilines is 1. The number of nitrogen functional groups attached to an aromatic ring is 1. The number of nitrogens with two attached hydrogens (primary N) is 1. The number of H-pyrrole nitrogens is 1. The quantitative estimate of drug-likeness (QED) is 0.664. The fraction of sp³-hybridized carbons (Fsp3) is 0.154. The Morgan fingerprint density at radius 3 is 2.73 bits per heavy atom. The van der Waals surface area contributed by atoms with E-state index in [0.717, 1.165) is 0 Å². The molecule has 112 valence electrons. The minimum absolute atomic E-state index is 0.0257. The van der Waals surface area contributed by atoms with Crippen molar-refractivity contribution in [3.8, 4) is 5.69 Å². The number of aromatic nitrogens is 5. The molecule has 2 aromatic heterocycles. The molecule has 3 N–H and O–H groups in total. The van der Waals surface area contributed by atoms with Gasteiger partial charge in [0.1, 0.15) is 0 Å². The SMILES string of the molecule is CCOC(=O)c1ccc(-n2nc3nc(N)[nH]c(=O)c3n2)cc1. The van der Waals surface area contributed by atoms with Crippen molar-refractivity contribution in [3.05, 3.63) is 40.2 Å². The van der Waals surface area contributed by atoms with E-state index in [1.165, 1.54) is 4.80 Å². The molecule has 0 saturated carbocycles. The second-order valence-corrected chi connectivity index (χ2v) is 4.38. The van der Waals surface area contributed by atoms with E-state index >= 15 is 0 Å². The predicted octanol–water partition coefficient (Wildman–Crippen LogP) is 0.263. The van der Waals surface area contributed by atoms with Crippen LogP contribution in [0.4, 0.5) is 5.95 Å². The first-order chi connectivity index (χ1) is 10.6. The number of nitrogens with zero attached hydrogens (tertiary/aromatic N) is 4. The lowest BCUT2D eigenvalue weighted by Crippen LogP contribution is -2.11. The topological polar surface area (TPSA) is 129 Å². The molecule has 9 heteroatoms. The van der Waals surface area contributed by atoms with Gasteiger partial charge in [0, 0.05) is 0 Å². The monoisotopic (exact) mass is 300 g/mol. The maximum absolute atomic E-state index is 11.7. The molecule has 0 aliphatic carbocycles. The fourth-order valence-corrected chi connectivity index (χ4v) is 1.90. The van der Waals surface area contributed by atoms with Crippen LogP contribution in [-0.4, -0.2) is 37.5 Å². The zero-order valence-electron chi connectivity index (χ0n) is 11.6. The largest absolute Gasteiger partial charge is 0.462 e. The number of rotatable bonds is 3. The van der Waals surface area contributed by atoms with Crippen molar-refractivity contribution in [1.29, 1.82) is 0 Å². The number of esters is 1. The minimum atomic E-state index is -0.461. The normalized spacial score (nSPS) is 10.8. The summed E-state index contributed by atoms with van der Waals surface area (Å²) < 4.78 is 4.90. The third-order valence-corrected chi connectivity index (χ3v) is 2.89. The maximum atomic E-state index is 11.7. The molecular formula is C13H12N6O3. The summed E-state index contributed by atoms with van der Waals surface area (Å²) in [4.78, 5) is 30.8. The summed E-state index contributed by atoms with van der Waals surface area (Å²) in [6.07, 6.45) is 0. The number of nitrogens with one attached hydrogen (secondary N) is 1. The molecule has 22 heavy (non-hydrogen) atoms. The lowest BCUT2D eigenvalue weighted by molar-refractivity contribution is 0.0526. The molecule has 3 aromatic rings. The Bertz CT molecular complexity index is 896. The summed E-state index contributed by atoms with van der Waals surface area (Å²) in [6, 6.07) is 6.46. The number of carbonyl (C=O) groups excluding carboxylic acids is 1. The van der Waals surface area contributed by atoms with Gasteiger partial charge in [-0.3, -0.25) is 9.78 Å². The molecule has 2 heterocycles. The standard InChI is InChI=1S/C13H12N6O3/c1-2-22-12(21)7-3-5-8(6-4-7)19-17-9-10(18-19)15-13(14)16-11(9)20/h3-6H,2H2,1H3,(H3,14,15,16,18,20). The Labute approximate surface area is 123 Å². The first-order valence-corrected chi connectivity index (χ1v) is 6.49. The molecule has 0 radical (unpaired) electrons. The molecule has 0 atom stereocenters. The molecule has 0 unspecified atom stereocenters. The van der Waals surface area contributed by atoms with Gasteiger partial charge >= 0.3 is 5.97 Å². The highest BCUT2D eigenvalue weighted by molar-refractivity contribution is 5.89. The highest BCUT2D eigenvalue weighted by Gasteiger charge is 2.11. The van der Waals surface area contributed by atoms with Crippen LogP contribution in [0.3, 0.4) is 0 Å². The van der Waals surface area contributed by atoms with Crippen LogP contribution in [0.5, 0.6) is 0 Å². The van der Waals surface area contributed by atoms with Crippen LogP contribution in [0, 0.1) is 0 Å². The average Bonchev–Trinajstić information content (AvgIpc) is 2.92. The second-order valence-electron chi connectivity index (χ2n) is 4.38. The van der Waals surface area contributed by atoms with Gasteiger partial charge in [-0.25, -0.2) is 4.79 Å². The molecule has 3 rings (SSSR count). The molecule has 9 nitrogen and oxygen atoms in total. The third-order valence-electron chi connectivity index (χ3n) is 2.89. The van der Waals surface area contributed by atoms with Crippen LogP contribution in [0.25, 0.3) is 16.9 Å². The van der Waals surface area contributed by atoms with Crippen LogP contribution in [0.15, 0.2) is 29.1 Å². The third kappa shape index (κ3) is 2.39. The number of carbonyl (C=O) groups is 1. The maximum Gasteiger partial charge on any atom is 0.338 e. The van der Waals surface area contributed by atoms with E-state index in [4.69, 9.17) is 10.5 Å². The second kappa shape index (κ2) is 5.28. The van der Waals surface area contributed by atoms with Gasteiger partial charge in [-0.2, -0.15) is 4.98 Å². The summed E-state index contributed by atoms with van der Waals surface area (Å²) >= 11 is 0. The molecule has 1 aromatic carbocycles. The Balaban J connectivity index is 1.99. The molecule has 0 aliphatic rings. The Hall–Kier alpha value is -3.23. The van der Waals surface area contributed by atoms with E-state index in [2.05, 4.69) is 20.2 Å². The molecule has 0 amide bonds. The summed E-state index contributed by atoms with van der Waals surface area (Å²) in [5.41, 5.74) is 6.23. The number of ether oxygens (including phenoxy) is 1. The van der Waals surface area contributed by atoms with Gasteiger partial charge in [0.15, 0.2) is 5.52 Å². The zero-order valence-corrected chi connectivity index (χ0v) is 11.6. The van der Waals surface area contributed by atoms with E-state index in [1.54, 1.807) is 31.2 Å². The van der Waals surface area contributed by atoms with Crippen molar-refractivity contribution < 1.29 is 9.53 Å². The fourth-order valence-electron chi connectivity index (χ4n) is 1.90. The van der Waals surface area contributed by atoms with Gasteiger partial charge in [0.25, 0.3) is 5.56 Å². The first-order valence-electron chi connectivity index (χ1n) is 6.49. The number of hydrogen-bond donors (Lipinski definition) is 2. The molecule has 0 saturated heterocycles. The smallest absolute Gasteiger partial charge is 0.338 e. The molecule has 0 fully saturated rings. The van der Waals surface area contributed by atoms with E-state index in [9.17, 15) is 9.59 Å². The van der Waals surface area contributed by atoms with Crippen LogP contribution in [-0.2, 0) is 4.74 Å². The van der Waals surface area contributed by atoms with Crippen molar-refractivity contribution in [2.75, 3.05) is 12.3 Å². The lowest BCUT2D eigenvalue weighted by atomic mass is 10.2. The number of hydrogen-bond acceptors (Lipinski definition) is 7. The molecular weight excluding hydrogens is 288 g/mol. The van der Waals surface area contributed by atoms with Gasteiger partial charge in [0.2, 0.25) is 11.6 Å². The van der Waals surface area contributed by atoms with Crippen molar-refractivity contribution in [2.24, 2.45) is 0 Å². The van der Waals surface area contributed by atoms with Crippen molar-refractivity contribution in [3.63, 3.8) is 0 Å². The number of benzene rings is 1. The summed E-state index contributed by atoms with van der Waals surface area (Å²) in [7, 11) is 0. The summed E-state index contributed by atoms with van der Waals surface area (Å²) in [5, 5.41) is 8.16. The van der Waals surface area contributed by atoms with Gasteiger partial charge in [0.05, 0.1) is 17.9 Å². The minimum Gasteiger partial charge on any atom is -0.462 e. The summed E-state index contributed by atoms with van der Waals surface area (Å²) in [6.45, 7) is 2.05. The molecule has 0 bridgehead atoms. The Morgan fingerprint density at radius 1 is 1.32 bits per heavy atom. The molecule has 0 spiro atoms. The van der Waals surface area contributed by atoms with Gasteiger partial charge in [-0.05, 0) is 31.2 Å². The van der Waals surface area contributed by atoms with Gasteiger partial charge < -0.3 is 10.5 Å². The van der Waals surface area contributed by atoms with Crippen molar-refractivity contribution in [2.45, 2.75) is 6.92 Å². The average molecular weight is 300 g/mol. The van der Waals surface area contributed by atoms with E-state index < -0.39 is 11.5 Å². The number of fused-ring (bicyclic) bond motifs is 1. The van der Waals surface area contributed by atoms with Crippen LogP contribution >= 0.6 is 0 Å². The number of aromatic amines is 1. The van der Waals surface area contributed by atoms with Crippen LogP contribution in [0.1, 0.15) is 17.3 Å². The van der Waals surface area contributed by atoms with Crippen molar-refractivity contribution in [1.82, 2.24) is 25.0 Å². The highest BCUT2D eigenvalue weighted by atomic mass is 16.5. The highest BCUT2D eigenvalue weighted by Crippen LogP contribution is 2.11. The van der Waals surface area contributed by atoms with E-state index in [-0.39, 0.29) is 17.1 Å². The van der Waals surface area contributed by atoms with Crippen molar-refractivity contribution >= 4 is 23.1 Å². The van der Waals surface area contributed by atoms with Gasteiger partial charge in [-0.15, -0.1) is 15.0 Å². The Kier molecular flexibility index (Phi) is 3.30. The lowest BCUT2D eigenvalue weighted by Gasteiger charge is -2.03. The van der Waals surface area contributed by atoms with E-state index in [1.807, 2.05) is 0 Å². The Morgan fingerprint density at radius 2 is 2.05 bits per heavy atom. The zero-order chi connectivity index (χ0) is 15.7. The molecule has 0 aliphatic heterocycles.